The summed E-state index contributed by atoms with van der Waals surface area (Å²) in [5.74, 6) is -0.121. The van der Waals surface area contributed by atoms with Crippen LogP contribution in [0.5, 0.6) is 0 Å². The molecule has 6 heteroatoms. The Morgan fingerprint density at radius 3 is 2.70 bits per heavy atom. The van der Waals surface area contributed by atoms with E-state index < -0.39 is 0 Å². The molecule has 124 valence electrons. The topological polar surface area (TPSA) is 76.4 Å². The van der Waals surface area contributed by atoms with Crippen LogP contribution in [0.15, 0.2) is 30.3 Å². The van der Waals surface area contributed by atoms with Crippen LogP contribution in [-0.4, -0.2) is 47.2 Å². The standard InChI is InChI=1S/C17H23N3O3/c1-13-16(17(22)18-9-6-11-23-12-10-21)14(2)20(19-13)15-7-4-3-5-8-15/h3-5,7-8,21H,6,9-12H2,1-2H3,(H,18,22). The molecule has 0 unspecified atom stereocenters. The minimum Gasteiger partial charge on any atom is -0.394 e. The van der Waals surface area contributed by atoms with Gasteiger partial charge in [-0.2, -0.15) is 5.10 Å². The molecular formula is C17H23N3O3. The van der Waals surface area contributed by atoms with Gasteiger partial charge in [0.15, 0.2) is 0 Å². The molecule has 0 spiro atoms. The van der Waals surface area contributed by atoms with Crippen LogP contribution in [0, 0.1) is 13.8 Å². The molecule has 0 aliphatic carbocycles. The molecule has 2 rings (SSSR count). The first-order valence-corrected chi connectivity index (χ1v) is 7.73. The van der Waals surface area contributed by atoms with E-state index in [1.807, 2.05) is 44.2 Å². The molecule has 0 saturated carbocycles. The van der Waals surface area contributed by atoms with E-state index in [4.69, 9.17) is 9.84 Å². The third kappa shape index (κ3) is 4.40. The minimum absolute atomic E-state index is 0.0173. The molecule has 23 heavy (non-hydrogen) atoms. The third-order valence-electron chi connectivity index (χ3n) is 3.51. The van der Waals surface area contributed by atoms with Crippen molar-refractivity contribution >= 4 is 5.91 Å². The molecule has 2 N–H and O–H groups in total. The summed E-state index contributed by atoms with van der Waals surface area (Å²) >= 11 is 0. The van der Waals surface area contributed by atoms with Gasteiger partial charge in [-0.15, -0.1) is 0 Å². The fourth-order valence-corrected chi connectivity index (χ4v) is 2.42. The van der Waals surface area contributed by atoms with Gasteiger partial charge in [0.2, 0.25) is 0 Å². The van der Waals surface area contributed by atoms with Gasteiger partial charge in [0.25, 0.3) is 5.91 Å². The summed E-state index contributed by atoms with van der Waals surface area (Å²) in [4.78, 5) is 12.4. The van der Waals surface area contributed by atoms with Gasteiger partial charge in [-0.25, -0.2) is 4.68 Å². The number of rotatable bonds is 8. The number of hydrogen-bond acceptors (Lipinski definition) is 4. The van der Waals surface area contributed by atoms with Crippen LogP contribution in [0.2, 0.25) is 0 Å². The van der Waals surface area contributed by atoms with Crippen molar-refractivity contribution in [1.29, 1.82) is 0 Å². The Balaban J connectivity index is 2.00. The number of para-hydroxylation sites is 1. The highest BCUT2D eigenvalue weighted by atomic mass is 16.5. The SMILES string of the molecule is Cc1nn(-c2ccccc2)c(C)c1C(=O)NCCCOCCO. The lowest BCUT2D eigenvalue weighted by Crippen LogP contribution is -2.26. The molecule has 1 amide bonds. The summed E-state index contributed by atoms with van der Waals surface area (Å²) in [6.07, 6.45) is 0.705. The van der Waals surface area contributed by atoms with Gasteiger partial charge in [0, 0.05) is 13.2 Å². The number of aliphatic hydroxyl groups excluding tert-OH is 1. The second kappa shape index (κ2) is 8.45. The Bertz CT molecular complexity index is 638. The van der Waals surface area contributed by atoms with Crippen molar-refractivity contribution in [2.24, 2.45) is 0 Å². The molecule has 0 atom stereocenters. The number of carbonyl (C=O) groups excluding carboxylic acids is 1. The van der Waals surface area contributed by atoms with Crippen LogP contribution in [0.3, 0.4) is 0 Å². The molecule has 0 saturated heterocycles. The first kappa shape index (κ1) is 17.2. The van der Waals surface area contributed by atoms with Crippen LogP contribution in [-0.2, 0) is 4.74 Å². The molecule has 2 aromatic rings. The maximum Gasteiger partial charge on any atom is 0.255 e. The second-order valence-corrected chi connectivity index (χ2v) is 5.24. The van der Waals surface area contributed by atoms with Gasteiger partial charge in [-0.05, 0) is 32.4 Å². The van der Waals surface area contributed by atoms with Gasteiger partial charge < -0.3 is 15.2 Å². The number of ether oxygens (including phenoxy) is 1. The number of amides is 1. The molecular weight excluding hydrogens is 294 g/mol. The second-order valence-electron chi connectivity index (χ2n) is 5.24. The number of aromatic nitrogens is 2. The normalized spacial score (nSPS) is 10.7. The van der Waals surface area contributed by atoms with Crippen LogP contribution < -0.4 is 5.32 Å². The van der Waals surface area contributed by atoms with Crippen molar-refractivity contribution in [1.82, 2.24) is 15.1 Å². The van der Waals surface area contributed by atoms with Gasteiger partial charge >= 0.3 is 0 Å². The summed E-state index contributed by atoms with van der Waals surface area (Å²) in [5, 5.41) is 16.0. The summed E-state index contributed by atoms with van der Waals surface area (Å²) in [6, 6.07) is 9.75. The Hall–Kier alpha value is -2.18. The van der Waals surface area contributed by atoms with Gasteiger partial charge in [0.1, 0.15) is 0 Å². The first-order chi connectivity index (χ1) is 11.1. The van der Waals surface area contributed by atoms with Crippen molar-refractivity contribution in [3.8, 4) is 5.69 Å². The maximum absolute atomic E-state index is 12.4. The average Bonchev–Trinajstić information content (AvgIpc) is 2.86. The number of nitrogens with one attached hydrogen (secondary N) is 1. The zero-order valence-electron chi connectivity index (χ0n) is 13.6. The lowest BCUT2D eigenvalue weighted by atomic mass is 10.2. The van der Waals surface area contributed by atoms with E-state index in [-0.39, 0.29) is 12.5 Å². The largest absolute Gasteiger partial charge is 0.394 e. The predicted octanol–water partition coefficient (Wildman–Crippen LogP) is 1.62. The maximum atomic E-state index is 12.4. The van der Waals surface area contributed by atoms with Crippen LogP contribution in [0.25, 0.3) is 5.69 Å². The van der Waals surface area contributed by atoms with Crippen molar-refractivity contribution in [2.75, 3.05) is 26.4 Å². The zero-order valence-corrected chi connectivity index (χ0v) is 13.6. The molecule has 0 aliphatic rings. The number of hydrogen-bond donors (Lipinski definition) is 2. The Labute approximate surface area is 136 Å². The highest BCUT2D eigenvalue weighted by Gasteiger charge is 2.18. The Morgan fingerprint density at radius 1 is 1.26 bits per heavy atom. The minimum atomic E-state index is -0.121. The van der Waals surface area contributed by atoms with Gasteiger partial charge in [0.05, 0.1) is 35.9 Å². The van der Waals surface area contributed by atoms with E-state index >= 15 is 0 Å². The average molecular weight is 317 g/mol. The van der Waals surface area contributed by atoms with Crippen LogP contribution >= 0.6 is 0 Å². The number of aliphatic hydroxyl groups is 1. The summed E-state index contributed by atoms with van der Waals surface area (Å²) in [5.41, 5.74) is 3.08. The number of nitrogens with zero attached hydrogens (tertiary/aromatic N) is 2. The molecule has 0 aliphatic heterocycles. The predicted molar refractivity (Wildman–Crippen MR) is 87.9 cm³/mol. The van der Waals surface area contributed by atoms with E-state index in [9.17, 15) is 4.79 Å². The summed E-state index contributed by atoms with van der Waals surface area (Å²) in [6.45, 7) is 5.12. The molecule has 0 fully saturated rings. The number of carbonyl (C=O) groups is 1. The molecule has 1 heterocycles. The van der Waals surface area contributed by atoms with Crippen LogP contribution in [0.4, 0.5) is 0 Å². The smallest absolute Gasteiger partial charge is 0.255 e. The number of benzene rings is 1. The third-order valence-corrected chi connectivity index (χ3v) is 3.51. The fraction of sp³-hybridized carbons (Fsp3) is 0.412. The molecule has 6 nitrogen and oxygen atoms in total. The van der Waals surface area contributed by atoms with Crippen molar-refractivity contribution < 1.29 is 14.6 Å². The summed E-state index contributed by atoms with van der Waals surface area (Å²) in [7, 11) is 0. The molecule has 1 aromatic heterocycles. The monoisotopic (exact) mass is 317 g/mol. The lowest BCUT2D eigenvalue weighted by Gasteiger charge is -2.07. The van der Waals surface area contributed by atoms with Crippen molar-refractivity contribution in [2.45, 2.75) is 20.3 Å². The fourth-order valence-electron chi connectivity index (χ4n) is 2.42. The van der Waals surface area contributed by atoms with E-state index in [1.165, 1.54) is 0 Å². The molecule has 0 radical (unpaired) electrons. The number of aryl methyl sites for hydroxylation is 1. The highest BCUT2D eigenvalue weighted by Crippen LogP contribution is 2.17. The van der Waals surface area contributed by atoms with E-state index in [0.717, 1.165) is 11.4 Å². The van der Waals surface area contributed by atoms with E-state index in [1.54, 1.807) is 4.68 Å². The van der Waals surface area contributed by atoms with Crippen molar-refractivity contribution in [3.05, 3.63) is 47.3 Å². The molecule has 0 bridgehead atoms. The van der Waals surface area contributed by atoms with Crippen LogP contribution in [0.1, 0.15) is 28.2 Å². The van der Waals surface area contributed by atoms with E-state index in [2.05, 4.69) is 10.4 Å². The lowest BCUT2D eigenvalue weighted by molar-refractivity contribution is 0.0867. The molecule has 1 aromatic carbocycles. The quantitative estimate of drug-likeness (QED) is 0.725. The van der Waals surface area contributed by atoms with Crippen molar-refractivity contribution in [3.63, 3.8) is 0 Å². The zero-order chi connectivity index (χ0) is 16.7. The highest BCUT2D eigenvalue weighted by molar-refractivity contribution is 5.96. The first-order valence-electron chi connectivity index (χ1n) is 7.73. The van der Waals surface area contributed by atoms with Gasteiger partial charge in [-0.1, -0.05) is 18.2 Å². The van der Waals surface area contributed by atoms with E-state index in [0.29, 0.717) is 37.4 Å². The Morgan fingerprint density at radius 2 is 2.00 bits per heavy atom. The summed E-state index contributed by atoms with van der Waals surface area (Å²) < 4.78 is 6.95. The Kier molecular flexibility index (Phi) is 6.31. The van der Waals surface area contributed by atoms with Gasteiger partial charge in [-0.3, -0.25) is 4.79 Å².